The Kier molecular flexibility index (Phi) is 5.92. The number of nitrogens with one attached hydrogen (secondary N) is 1. The number of amides is 1. The maximum absolute atomic E-state index is 11.6. The maximum Gasteiger partial charge on any atom is 0.311 e. The summed E-state index contributed by atoms with van der Waals surface area (Å²) in [4.78, 5) is 23.6. The third-order valence-electron chi connectivity index (χ3n) is 2.95. The zero-order valence-electron chi connectivity index (χ0n) is 11.9. The van der Waals surface area contributed by atoms with Crippen molar-refractivity contribution < 1.29 is 14.5 Å². The summed E-state index contributed by atoms with van der Waals surface area (Å²) in [6.45, 7) is 3.12. The molecule has 0 aliphatic carbocycles. The van der Waals surface area contributed by atoms with E-state index in [1.165, 1.54) is 13.2 Å². The highest BCUT2D eigenvalue weighted by molar-refractivity contribution is 5.77. The van der Waals surface area contributed by atoms with E-state index in [0.717, 1.165) is 5.56 Å². The standard InChI is InChI=1S/C13H19N3O4/c1-4-15(2)13(17)9-14-8-10-5-6-12(20-3)11(7-10)16(18)19/h5-7,14H,4,8-9H2,1-3H3. The number of carbonyl (C=O) groups excluding carboxylic acids is 1. The first-order chi connectivity index (χ1) is 9.49. The number of likely N-dealkylation sites (N-methyl/N-ethyl adjacent to an activating group) is 1. The molecule has 0 saturated carbocycles. The van der Waals surface area contributed by atoms with Crippen LogP contribution in [0.15, 0.2) is 18.2 Å². The fourth-order valence-electron chi connectivity index (χ4n) is 1.61. The first-order valence-corrected chi connectivity index (χ1v) is 6.25. The van der Waals surface area contributed by atoms with Gasteiger partial charge in [-0.1, -0.05) is 6.07 Å². The number of carbonyl (C=O) groups is 1. The molecule has 0 aromatic heterocycles. The van der Waals surface area contributed by atoms with Gasteiger partial charge in [-0.25, -0.2) is 0 Å². The van der Waals surface area contributed by atoms with Crippen molar-refractivity contribution in [2.45, 2.75) is 13.5 Å². The van der Waals surface area contributed by atoms with E-state index in [1.54, 1.807) is 24.1 Å². The highest BCUT2D eigenvalue weighted by Crippen LogP contribution is 2.27. The van der Waals surface area contributed by atoms with Crippen molar-refractivity contribution in [2.24, 2.45) is 0 Å². The molecular weight excluding hydrogens is 262 g/mol. The highest BCUT2D eigenvalue weighted by atomic mass is 16.6. The van der Waals surface area contributed by atoms with Crippen LogP contribution in [-0.2, 0) is 11.3 Å². The molecule has 0 aliphatic rings. The zero-order chi connectivity index (χ0) is 15.1. The fraction of sp³-hybridized carbons (Fsp3) is 0.462. The monoisotopic (exact) mass is 281 g/mol. The average Bonchev–Trinajstić information content (AvgIpc) is 2.45. The molecule has 0 atom stereocenters. The normalized spacial score (nSPS) is 10.2. The molecule has 0 saturated heterocycles. The Labute approximate surface area is 117 Å². The van der Waals surface area contributed by atoms with Crippen molar-refractivity contribution in [3.63, 3.8) is 0 Å². The van der Waals surface area contributed by atoms with Crippen molar-refractivity contribution in [1.82, 2.24) is 10.2 Å². The smallest absolute Gasteiger partial charge is 0.311 e. The van der Waals surface area contributed by atoms with Crippen LogP contribution in [0, 0.1) is 10.1 Å². The summed E-state index contributed by atoms with van der Waals surface area (Å²) < 4.78 is 4.93. The predicted molar refractivity (Wildman–Crippen MR) is 74.7 cm³/mol. The van der Waals surface area contributed by atoms with Gasteiger partial charge in [0.05, 0.1) is 18.6 Å². The van der Waals surface area contributed by atoms with E-state index in [1.807, 2.05) is 6.92 Å². The van der Waals surface area contributed by atoms with Gasteiger partial charge in [0.25, 0.3) is 0 Å². The van der Waals surface area contributed by atoms with E-state index in [0.29, 0.717) is 13.1 Å². The number of hydrogen-bond acceptors (Lipinski definition) is 5. The summed E-state index contributed by atoms with van der Waals surface area (Å²) in [5.74, 6) is 0.205. The summed E-state index contributed by atoms with van der Waals surface area (Å²) in [6, 6.07) is 4.72. The number of ether oxygens (including phenoxy) is 1. The first kappa shape index (κ1) is 15.9. The van der Waals surface area contributed by atoms with E-state index in [-0.39, 0.29) is 23.9 Å². The number of nitro groups is 1. The third kappa shape index (κ3) is 4.20. The Bertz CT molecular complexity index is 491. The molecule has 7 heteroatoms. The number of nitrogens with zero attached hydrogens (tertiary/aromatic N) is 2. The molecule has 110 valence electrons. The maximum atomic E-state index is 11.6. The number of hydrogen-bond donors (Lipinski definition) is 1. The van der Waals surface area contributed by atoms with E-state index >= 15 is 0 Å². The Morgan fingerprint density at radius 2 is 2.20 bits per heavy atom. The molecule has 0 radical (unpaired) electrons. The molecule has 0 unspecified atom stereocenters. The van der Waals surface area contributed by atoms with E-state index < -0.39 is 4.92 Å². The van der Waals surface area contributed by atoms with Gasteiger partial charge in [0, 0.05) is 26.2 Å². The minimum absolute atomic E-state index is 0.0180. The van der Waals surface area contributed by atoms with Gasteiger partial charge in [-0.05, 0) is 18.6 Å². The highest BCUT2D eigenvalue weighted by Gasteiger charge is 2.15. The van der Waals surface area contributed by atoms with Crippen molar-refractivity contribution in [1.29, 1.82) is 0 Å². The largest absolute Gasteiger partial charge is 0.490 e. The quantitative estimate of drug-likeness (QED) is 0.599. The van der Waals surface area contributed by atoms with Crippen LogP contribution in [0.5, 0.6) is 5.75 Å². The van der Waals surface area contributed by atoms with Gasteiger partial charge in [-0.15, -0.1) is 0 Å². The van der Waals surface area contributed by atoms with Crippen molar-refractivity contribution in [3.8, 4) is 5.75 Å². The molecule has 0 fully saturated rings. The van der Waals surface area contributed by atoms with Crippen LogP contribution in [0.25, 0.3) is 0 Å². The SMILES string of the molecule is CCN(C)C(=O)CNCc1ccc(OC)c([N+](=O)[O-])c1. The summed E-state index contributed by atoms with van der Waals surface area (Å²) in [5, 5.41) is 13.9. The lowest BCUT2D eigenvalue weighted by Crippen LogP contribution is -2.35. The lowest BCUT2D eigenvalue weighted by molar-refractivity contribution is -0.385. The minimum atomic E-state index is -0.488. The number of benzene rings is 1. The summed E-state index contributed by atoms with van der Waals surface area (Å²) in [5.41, 5.74) is 0.647. The van der Waals surface area contributed by atoms with Crippen molar-refractivity contribution in [2.75, 3.05) is 27.2 Å². The van der Waals surface area contributed by atoms with Crippen LogP contribution >= 0.6 is 0 Å². The summed E-state index contributed by atoms with van der Waals surface area (Å²) >= 11 is 0. The molecule has 1 aromatic carbocycles. The second-order valence-electron chi connectivity index (χ2n) is 4.27. The number of nitro benzene ring substituents is 1. The minimum Gasteiger partial charge on any atom is -0.490 e. The molecule has 0 heterocycles. The Hall–Kier alpha value is -2.15. The molecule has 0 spiro atoms. The zero-order valence-corrected chi connectivity index (χ0v) is 11.9. The van der Waals surface area contributed by atoms with E-state index in [9.17, 15) is 14.9 Å². The van der Waals surface area contributed by atoms with Gasteiger partial charge in [-0.2, -0.15) is 0 Å². The van der Waals surface area contributed by atoms with Crippen LogP contribution < -0.4 is 10.1 Å². The molecule has 1 amide bonds. The molecule has 1 rings (SSSR count). The van der Waals surface area contributed by atoms with Gasteiger partial charge >= 0.3 is 5.69 Å². The van der Waals surface area contributed by atoms with E-state index in [4.69, 9.17) is 4.74 Å². The first-order valence-electron chi connectivity index (χ1n) is 6.25. The van der Waals surface area contributed by atoms with Gasteiger partial charge in [0.1, 0.15) is 0 Å². The van der Waals surface area contributed by atoms with E-state index in [2.05, 4.69) is 5.32 Å². The molecule has 1 N–H and O–H groups in total. The summed E-state index contributed by atoms with van der Waals surface area (Å²) in [7, 11) is 3.11. The number of rotatable bonds is 7. The molecule has 7 nitrogen and oxygen atoms in total. The molecule has 1 aromatic rings. The van der Waals surface area contributed by atoms with Crippen LogP contribution in [0.1, 0.15) is 12.5 Å². The Morgan fingerprint density at radius 3 is 2.75 bits per heavy atom. The van der Waals surface area contributed by atoms with Gasteiger partial charge < -0.3 is 15.0 Å². The van der Waals surface area contributed by atoms with Crippen molar-refractivity contribution >= 4 is 11.6 Å². The second-order valence-corrected chi connectivity index (χ2v) is 4.27. The van der Waals surface area contributed by atoms with Crippen LogP contribution in [0.4, 0.5) is 5.69 Å². The molecular formula is C13H19N3O4. The predicted octanol–water partition coefficient (Wildman–Crippen LogP) is 1.17. The topological polar surface area (TPSA) is 84.7 Å². The molecule has 0 bridgehead atoms. The number of methoxy groups -OCH3 is 1. The van der Waals surface area contributed by atoms with Crippen LogP contribution in [-0.4, -0.2) is 43.0 Å². The van der Waals surface area contributed by atoms with Gasteiger partial charge in [0.15, 0.2) is 5.75 Å². The summed E-state index contributed by atoms with van der Waals surface area (Å²) in [6.07, 6.45) is 0. The third-order valence-corrected chi connectivity index (χ3v) is 2.95. The van der Waals surface area contributed by atoms with Gasteiger partial charge in [-0.3, -0.25) is 14.9 Å². The lowest BCUT2D eigenvalue weighted by Gasteiger charge is -2.14. The Morgan fingerprint density at radius 1 is 1.50 bits per heavy atom. The second kappa shape index (κ2) is 7.44. The lowest BCUT2D eigenvalue weighted by atomic mass is 10.2. The van der Waals surface area contributed by atoms with Crippen LogP contribution in [0.3, 0.4) is 0 Å². The molecule has 0 aliphatic heterocycles. The van der Waals surface area contributed by atoms with Crippen LogP contribution in [0.2, 0.25) is 0 Å². The Balaban J connectivity index is 2.63. The average molecular weight is 281 g/mol. The van der Waals surface area contributed by atoms with Crippen molar-refractivity contribution in [3.05, 3.63) is 33.9 Å². The fourth-order valence-corrected chi connectivity index (χ4v) is 1.61. The van der Waals surface area contributed by atoms with Gasteiger partial charge in [0.2, 0.25) is 5.91 Å². The molecule has 20 heavy (non-hydrogen) atoms.